The Kier molecular flexibility index (Phi) is 7.20. The number of hydrogen-bond acceptors (Lipinski definition) is 4. The number of Topliss-reactive ketones (excluding diaryl/α,β-unsaturated/α-hetero) is 1. The van der Waals surface area contributed by atoms with Gasteiger partial charge in [0, 0.05) is 24.9 Å². The maximum atomic E-state index is 12.3. The Bertz CT molecular complexity index is 768. The molecule has 0 aliphatic carbocycles. The molecule has 1 atom stereocenters. The Morgan fingerprint density at radius 1 is 1.00 bits per heavy atom. The Balaban J connectivity index is 1.55. The molecular formula is C23H28N2O3. The Hall–Kier alpha value is -2.66. The van der Waals surface area contributed by atoms with Crippen LogP contribution in [0.5, 0.6) is 5.75 Å². The van der Waals surface area contributed by atoms with Gasteiger partial charge in [0.1, 0.15) is 5.75 Å². The van der Waals surface area contributed by atoms with Gasteiger partial charge in [0.05, 0.1) is 13.2 Å². The molecule has 0 aromatic heterocycles. The molecule has 5 nitrogen and oxygen atoms in total. The first-order valence-corrected chi connectivity index (χ1v) is 9.90. The molecule has 2 aromatic rings. The SMILES string of the molecule is COc1ccc(C(CNC(=O)CCC(=O)c2ccccc2)N2CCCC2)cc1. The largest absolute Gasteiger partial charge is 0.497 e. The second kappa shape index (κ2) is 10.0. The van der Waals surface area contributed by atoms with Crippen molar-refractivity contribution in [1.82, 2.24) is 10.2 Å². The number of rotatable bonds is 9. The van der Waals surface area contributed by atoms with Crippen LogP contribution in [0.25, 0.3) is 0 Å². The van der Waals surface area contributed by atoms with Crippen molar-refractivity contribution >= 4 is 11.7 Å². The van der Waals surface area contributed by atoms with Crippen LogP contribution in [0.1, 0.15) is 47.6 Å². The molecule has 1 N–H and O–H groups in total. The van der Waals surface area contributed by atoms with Crippen molar-refractivity contribution < 1.29 is 14.3 Å². The fourth-order valence-corrected chi connectivity index (χ4v) is 3.63. The predicted octanol–water partition coefficient (Wildman–Crippen LogP) is 3.61. The zero-order chi connectivity index (χ0) is 19.8. The minimum atomic E-state index is -0.0815. The highest BCUT2D eigenvalue weighted by molar-refractivity contribution is 5.97. The van der Waals surface area contributed by atoms with E-state index in [2.05, 4.69) is 22.3 Å². The zero-order valence-corrected chi connectivity index (χ0v) is 16.4. The molecule has 148 valence electrons. The summed E-state index contributed by atoms with van der Waals surface area (Å²) in [5.41, 5.74) is 1.83. The van der Waals surface area contributed by atoms with E-state index in [0.717, 1.165) is 18.8 Å². The summed E-state index contributed by atoms with van der Waals surface area (Å²) in [7, 11) is 1.66. The van der Waals surface area contributed by atoms with Gasteiger partial charge in [-0.25, -0.2) is 0 Å². The molecule has 3 rings (SSSR count). The maximum Gasteiger partial charge on any atom is 0.220 e. The van der Waals surface area contributed by atoms with E-state index in [1.165, 1.54) is 18.4 Å². The van der Waals surface area contributed by atoms with Gasteiger partial charge in [0.2, 0.25) is 5.91 Å². The molecule has 0 bridgehead atoms. The van der Waals surface area contributed by atoms with Gasteiger partial charge in [0.25, 0.3) is 0 Å². The minimum Gasteiger partial charge on any atom is -0.497 e. The lowest BCUT2D eigenvalue weighted by Gasteiger charge is -2.28. The van der Waals surface area contributed by atoms with E-state index in [9.17, 15) is 9.59 Å². The molecule has 1 heterocycles. The van der Waals surface area contributed by atoms with Gasteiger partial charge >= 0.3 is 0 Å². The van der Waals surface area contributed by atoms with Crippen molar-refractivity contribution in [3.8, 4) is 5.75 Å². The maximum absolute atomic E-state index is 12.3. The monoisotopic (exact) mass is 380 g/mol. The normalized spacial score (nSPS) is 15.2. The highest BCUT2D eigenvalue weighted by Crippen LogP contribution is 2.26. The molecule has 1 amide bonds. The third-order valence-corrected chi connectivity index (χ3v) is 5.25. The van der Waals surface area contributed by atoms with Gasteiger partial charge in [-0.1, -0.05) is 42.5 Å². The van der Waals surface area contributed by atoms with Crippen LogP contribution in [0.2, 0.25) is 0 Å². The Morgan fingerprint density at radius 2 is 1.68 bits per heavy atom. The second-order valence-electron chi connectivity index (χ2n) is 7.13. The van der Waals surface area contributed by atoms with E-state index < -0.39 is 0 Å². The predicted molar refractivity (Wildman–Crippen MR) is 110 cm³/mol. The average molecular weight is 380 g/mol. The molecule has 2 aromatic carbocycles. The number of ketones is 1. The summed E-state index contributed by atoms with van der Waals surface area (Å²) in [5.74, 6) is 0.747. The van der Waals surface area contributed by atoms with Crippen molar-refractivity contribution in [2.24, 2.45) is 0 Å². The molecule has 1 fully saturated rings. The quantitative estimate of drug-likeness (QED) is 0.675. The smallest absolute Gasteiger partial charge is 0.220 e. The van der Waals surface area contributed by atoms with Crippen LogP contribution >= 0.6 is 0 Å². The Labute approximate surface area is 166 Å². The number of likely N-dealkylation sites (tertiary alicyclic amines) is 1. The molecule has 1 aliphatic rings. The van der Waals surface area contributed by atoms with E-state index in [0.29, 0.717) is 12.1 Å². The molecule has 1 saturated heterocycles. The second-order valence-corrected chi connectivity index (χ2v) is 7.13. The van der Waals surface area contributed by atoms with E-state index in [1.54, 1.807) is 19.2 Å². The number of carbonyl (C=O) groups is 2. The fourth-order valence-electron chi connectivity index (χ4n) is 3.63. The van der Waals surface area contributed by atoms with Crippen molar-refractivity contribution in [3.63, 3.8) is 0 Å². The summed E-state index contributed by atoms with van der Waals surface area (Å²) in [6.07, 6.45) is 2.81. The van der Waals surface area contributed by atoms with Gasteiger partial charge in [0.15, 0.2) is 5.78 Å². The van der Waals surface area contributed by atoms with Crippen LogP contribution in [0.3, 0.4) is 0 Å². The first kappa shape index (κ1) is 20.1. The lowest BCUT2D eigenvalue weighted by Crippen LogP contribution is -2.36. The van der Waals surface area contributed by atoms with E-state index in [4.69, 9.17) is 4.74 Å². The van der Waals surface area contributed by atoms with E-state index in [-0.39, 0.29) is 30.6 Å². The van der Waals surface area contributed by atoms with E-state index in [1.807, 2.05) is 30.3 Å². The molecule has 28 heavy (non-hydrogen) atoms. The topological polar surface area (TPSA) is 58.6 Å². The van der Waals surface area contributed by atoms with Crippen molar-refractivity contribution in [2.45, 2.75) is 31.7 Å². The van der Waals surface area contributed by atoms with Crippen LogP contribution in [-0.4, -0.2) is 43.3 Å². The van der Waals surface area contributed by atoms with Crippen LogP contribution in [0.4, 0.5) is 0 Å². The summed E-state index contributed by atoms with van der Waals surface area (Å²) in [6, 6.07) is 17.3. The van der Waals surface area contributed by atoms with E-state index >= 15 is 0 Å². The molecule has 1 unspecified atom stereocenters. The lowest BCUT2D eigenvalue weighted by molar-refractivity contribution is -0.121. The summed E-state index contributed by atoms with van der Waals surface area (Å²) < 4.78 is 5.25. The number of methoxy groups -OCH3 is 1. The highest BCUT2D eigenvalue weighted by Gasteiger charge is 2.24. The van der Waals surface area contributed by atoms with Crippen molar-refractivity contribution in [3.05, 3.63) is 65.7 Å². The third-order valence-electron chi connectivity index (χ3n) is 5.25. The average Bonchev–Trinajstić information content (AvgIpc) is 3.28. The first-order chi connectivity index (χ1) is 13.7. The number of carbonyl (C=O) groups excluding carboxylic acids is 2. The van der Waals surface area contributed by atoms with Gasteiger partial charge in [-0.3, -0.25) is 14.5 Å². The Morgan fingerprint density at radius 3 is 2.32 bits per heavy atom. The summed E-state index contributed by atoms with van der Waals surface area (Å²) in [4.78, 5) is 26.9. The molecule has 0 radical (unpaired) electrons. The standard InChI is InChI=1S/C23H28N2O3/c1-28-20-11-9-18(10-12-20)21(25-15-5-6-16-25)17-24-23(27)14-13-22(26)19-7-3-2-4-8-19/h2-4,7-12,21H,5-6,13-17H2,1H3,(H,24,27). The van der Waals surface area contributed by atoms with Crippen molar-refractivity contribution in [2.75, 3.05) is 26.7 Å². The number of amides is 1. The number of nitrogens with zero attached hydrogens (tertiary/aromatic N) is 1. The molecule has 1 aliphatic heterocycles. The van der Waals surface area contributed by atoms with Crippen LogP contribution in [-0.2, 0) is 4.79 Å². The number of nitrogens with one attached hydrogen (secondary N) is 1. The summed E-state index contributed by atoms with van der Waals surface area (Å²) in [5, 5.41) is 3.03. The molecule has 0 spiro atoms. The van der Waals surface area contributed by atoms with Gasteiger partial charge in [-0.2, -0.15) is 0 Å². The molecular weight excluding hydrogens is 352 g/mol. The summed E-state index contributed by atoms with van der Waals surface area (Å²) in [6.45, 7) is 2.63. The zero-order valence-electron chi connectivity index (χ0n) is 16.4. The number of ether oxygens (including phenoxy) is 1. The van der Waals surface area contributed by atoms with Crippen molar-refractivity contribution in [1.29, 1.82) is 0 Å². The summed E-state index contributed by atoms with van der Waals surface area (Å²) >= 11 is 0. The van der Waals surface area contributed by atoms with Crippen LogP contribution < -0.4 is 10.1 Å². The minimum absolute atomic E-state index is 0.00185. The lowest BCUT2D eigenvalue weighted by atomic mass is 10.0. The highest BCUT2D eigenvalue weighted by atomic mass is 16.5. The van der Waals surface area contributed by atoms with Gasteiger partial charge in [-0.15, -0.1) is 0 Å². The van der Waals surface area contributed by atoms with Crippen LogP contribution in [0, 0.1) is 0 Å². The first-order valence-electron chi connectivity index (χ1n) is 9.90. The van der Waals surface area contributed by atoms with Gasteiger partial charge < -0.3 is 10.1 Å². The fraction of sp³-hybridized carbons (Fsp3) is 0.391. The number of hydrogen-bond donors (Lipinski definition) is 1. The van der Waals surface area contributed by atoms with Crippen LogP contribution in [0.15, 0.2) is 54.6 Å². The van der Waals surface area contributed by atoms with Gasteiger partial charge in [-0.05, 0) is 43.6 Å². The molecule has 5 heteroatoms. The third kappa shape index (κ3) is 5.42. The number of benzene rings is 2. The molecule has 0 saturated carbocycles.